The summed E-state index contributed by atoms with van der Waals surface area (Å²) >= 11 is 0. The van der Waals surface area contributed by atoms with Crippen LogP contribution in [-0.2, 0) is 9.53 Å². The molecule has 0 heterocycles. The largest absolute Gasteiger partial charge is 0.490 e. The van der Waals surface area contributed by atoms with Crippen LogP contribution < -0.4 is 14.2 Å². The van der Waals surface area contributed by atoms with Gasteiger partial charge in [-0.1, -0.05) is 0 Å². The third kappa shape index (κ3) is 6.54. The van der Waals surface area contributed by atoms with Crippen LogP contribution >= 0.6 is 0 Å². The van der Waals surface area contributed by atoms with E-state index in [1.807, 2.05) is 48.5 Å². The zero-order valence-corrected chi connectivity index (χ0v) is 18.9. The Bertz CT molecular complexity index is 651. The number of amides is 1. The molecule has 1 amide bonds. The molecule has 7 nitrogen and oxygen atoms in total. The van der Waals surface area contributed by atoms with E-state index in [9.17, 15) is 9.59 Å². The molecule has 0 aliphatic carbocycles. The van der Waals surface area contributed by atoms with Crippen molar-refractivity contribution in [1.29, 1.82) is 0 Å². The summed E-state index contributed by atoms with van der Waals surface area (Å²) in [6.45, 7) is 16.1. The Hall–Kier alpha value is -2.44. The van der Waals surface area contributed by atoms with Gasteiger partial charge in [-0.2, -0.15) is 0 Å². The molecule has 0 N–H and O–H groups in total. The maximum atomic E-state index is 12.8. The van der Waals surface area contributed by atoms with Crippen molar-refractivity contribution in [2.45, 2.75) is 73.6 Å². The van der Waals surface area contributed by atoms with Crippen LogP contribution in [0.25, 0.3) is 0 Å². The molecule has 0 radical (unpaired) electrons. The van der Waals surface area contributed by atoms with Crippen LogP contribution in [0.2, 0.25) is 0 Å². The first-order valence-corrected chi connectivity index (χ1v) is 10.3. The van der Waals surface area contributed by atoms with Crippen molar-refractivity contribution in [3.8, 4) is 17.2 Å². The zero-order valence-electron chi connectivity index (χ0n) is 18.9. The minimum atomic E-state index is -0.912. The second-order valence-electron chi connectivity index (χ2n) is 7.08. The Kier molecular flexibility index (Phi) is 9.78. The van der Waals surface area contributed by atoms with E-state index in [2.05, 4.69) is 0 Å². The van der Waals surface area contributed by atoms with Gasteiger partial charge in [-0.05, 0) is 67.5 Å². The highest BCUT2D eigenvalue weighted by atomic mass is 16.6. The van der Waals surface area contributed by atoms with Crippen LogP contribution in [0.1, 0.15) is 65.7 Å². The van der Waals surface area contributed by atoms with Crippen molar-refractivity contribution >= 4 is 11.9 Å². The van der Waals surface area contributed by atoms with Gasteiger partial charge in [0, 0.05) is 12.1 Å². The number of esters is 1. The number of ether oxygens (including phenoxy) is 4. The Labute approximate surface area is 174 Å². The third-order valence-corrected chi connectivity index (χ3v) is 4.14. The predicted molar refractivity (Wildman–Crippen MR) is 112 cm³/mol. The summed E-state index contributed by atoms with van der Waals surface area (Å²) in [5.41, 5.74) is 0.237. The Morgan fingerprint density at radius 3 is 1.66 bits per heavy atom. The van der Waals surface area contributed by atoms with Crippen molar-refractivity contribution in [3.63, 3.8) is 0 Å². The highest BCUT2D eigenvalue weighted by Crippen LogP contribution is 2.39. The molecule has 1 rings (SSSR count). The molecule has 0 aliphatic rings. The molecule has 1 atom stereocenters. The molecule has 0 aliphatic heterocycles. The van der Waals surface area contributed by atoms with Crippen molar-refractivity contribution in [2.24, 2.45) is 0 Å². The van der Waals surface area contributed by atoms with Gasteiger partial charge in [-0.15, -0.1) is 0 Å². The third-order valence-electron chi connectivity index (χ3n) is 4.14. The first-order chi connectivity index (χ1) is 13.7. The van der Waals surface area contributed by atoms with Gasteiger partial charge in [0.05, 0.1) is 25.4 Å². The van der Waals surface area contributed by atoms with Crippen molar-refractivity contribution in [1.82, 2.24) is 4.90 Å². The summed E-state index contributed by atoms with van der Waals surface area (Å²) in [4.78, 5) is 27.2. The predicted octanol–water partition coefficient (Wildman–Crippen LogP) is 4.07. The van der Waals surface area contributed by atoms with E-state index in [-0.39, 0.29) is 23.6 Å². The number of carbonyl (C=O) groups is 2. The maximum absolute atomic E-state index is 12.8. The second-order valence-corrected chi connectivity index (χ2v) is 7.08. The van der Waals surface area contributed by atoms with Crippen LogP contribution in [0.5, 0.6) is 17.2 Å². The monoisotopic (exact) mass is 409 g/mol. The SMILES string of the molecule is CCOc1cc(C(=O)OC(C)C(=O)N(C(C)C)C(C)C)cc(OCC)c1OCC. The van der Waals surface area contributed by atoms with Crippen molar-refractivity contribution < 1.29 is 28.5 Å². The molecule has 0 saturated carbocycles. The van der Waals surface area contributed by atoms with Gasteiger partial charge in [-0.3, -0.25) is 4.79 Å². The molecule has 0 fully saturated rings. The molecule has 0 saturated heterocycles. The normalized spacial score (nSPS) is 11.9. The van der Waals surface area contributed by atoms with Crippen LogP contribution in [-0.4, -0.2) is 54.8 Å². The highest BCUT2D eigenvalue weighted by molar-refractivity contribution is 5.93. The smallest absolute Gasteiger partial charge is 0.339 e. The van der Waals surface area contributed by atoms with Gasteiger partial charge in [0.2, 0.25) is 5.75 Å². The Morgan fingerprint density at radius 2 is 1.28 bits per heavy atom. The van der Waals surface area contributed by atoms with Gasteiger partial charge in [0.15, 0.2) is 17.6 Å². The number of nitrogens with zero attached hydrogens (tertiary/aromatic N) is 1. The van der Waals surface area contributed by atoms with Gasteiger partial charge in [0.1, 0.15) is 0 Å². The van der Waals surface area contributed by atoms with Crippen LogP contribution in [0, 0.1) is 0 Å². The number of benzene rings is 1. The molecule has 0 bridgehead atoms. The van der Waals surface area contributed by atoms with Gasteiger partial charge < -0.3 is 23.8 Å². The van der Waals surface area contributed by atoms with Crippen LogP contribution in [0.15, 0.2) is 12.1 Å². The molecule has 164 valence electrons. The minimum absolute atomic E-state index is 0.00300. The molecule has 1 unspecified atom stereocenters. The summed E-state index contributed by atoms with van der Waals surface area (Å²) in [6.07, 6.45) is -0.912. The first-order valence-electron chi connectivity index (χ1n) is 10.3. The average molecular weight is 410 g/mol. The molecule has 0 spiro atoms. The number of hydrogen-bond acceptors (Lipinski definition) is 6. The summed E-state index contributed by atoms with van der Waals surface area (Å²) in [7, 11) is 0. The fourth-order valence-electron chi connectivity index (χ4n) is 3.10. The van der Waals surface area contributed by atoms with E-state index < -0.39 is 12.1 Å². The van der Waals surface area contributed by atoms with E-state index in [0.717, 1.165) is 0 Å². The molecule has 0 aromatic heterocycles. The standard InChI is InChI=1S/C22H35NO6/c1-9-26-18-12-17(13-19(27-10-2)20(18)28-11-3)22(25)29-16(8)21(24)23(14(4)5)15(6)7/h12-16H,9-11H2,1-8H3. The summed E-state index contributed by atoms with van der Waals surface area (Å²) in [6, 6.07) is 3.12. The van der Waals surface area contributed by atoms with Crippen molar-refractivity contribution in [3.05, 3.63) is 17.7 Å². The second kappa shape index (κ2) is 11.5. The van der Waals surface area contributed by atoms with E-state index >= 15 is 0 Å². The lowest BCUT2D eigenvalue weighted by Crippen LogP contribution is -2.47. The van der Waals surface area contributed by atoms with E-state index in [1.54, 1.807) is 24.0 Å². The summed E-state index contributed by atoms with van der Waals surface area (Å²) < 4.78 is 22.4. The number of carbonyl (C=O) groups excluding carboxylic acids is 2. The Balaban J connectivity index is 3.15. The molecule has 1 aromatic rings. The fraction of sp³-hybridized carbons (Fsp3) is 0.636. The molecular weight excluding hydrogens is 374 g/mol. The minimum Gasteiger partial charge on any atom is -0.490 e. The summed E-state index contributed by atoms with van der Waals surface area (Å²) in [5, 5.41) is 0. The highest BCUT2D eigenvalue weighted by Gasteiger charge is 2.28. The van der Waals surface area contributed by atoms with E-state index in [4.69, 9.17) is 18.9 Å². The lowest BCUT2D eigenvalue weighted by Gasteiger charge is -2.32. The lowest BCUT2D eigenvalue weighted by atomic mass is 10.1. The Morgan fingerprint density at radius 1 is 0.828 bits per heavy atom. The van der Waals surface area contributed by atoms with Gasteiger partial charge in [-0.25, -0.2) is 4.79 Å². The number of hydrogen-bond donors (Lipinski definition) is 0. The maximum Gasteiger partial charge on any atom is 0.339 e. The molecular formula is C22H35NO6. The van der Waals surface area contributed by atoms with Gasteiger partial charge in [0.25, 0.3) is 5.91 Å². The van der Waals surface area contributed by atoms with Gasteiger partial charge >= 0.3 is 5.97 Å². The average Bonchev–Trinajstić information content (AvgIpc) is 2.63. The van der Waals surface area contributed by atoms with Crippen molar-refractivity contribution in [2.75, 3.05) is 19.8 Å². The van der Waals surface area contributed by atoms with E-state index in [1.165, 1.54) is 0 Å². The number of rotatable bonds is 11. The quantitative estimate of drug-likeness (QED) is 0.513. The topological polar surface area (TPSA) is 74.3 Å². The molecule has 7 heteroatoms. The van der Waals surface area contributed by atoms with Crippen LogP contribution in [0.4, 0.5) is 0 Å². The lowest BCUT2D eigenvalue weighted by molar-refractivity contribution is -0.143. The fourth-order valence-corrected chi connectivity index (χ4v) is 3.10. The zero-order chi connectivity index (χ0) is 22.1. The molecule has 1 aromatic carbocycles. The van der Waals surface area contributed by atoms with E-state index in [0.29, 0.717) is 37.1 Å². The summed E-state index contributed by atoms with van der Waals surface area (Å²) in [5.74, 6) is 0.393. The molecule has 29 heavy (non-hydrogen) atoms. The first kappa shape index (κ1) is 24.6. The van der Waals surface area contributed by atoms with Crippen LogP contribution in [0.3, 0.4) is 0 Å².